The van der Waals surface area contributed by atoms with E-state index in [0.717, 1.165) is 12.0 Å². The first-order valence-electron chi connectivity index (χ1n) is 10.6. The van der Waals surface area contributed by atoms with Gasteiger partial charge in [-0.05, 0) is 51.2 Å². The maximum Gasteiger partial charge on any atom is 0.150 e. The van der Waals surface area contributed by atoms with Gasteiger partial charge < -0.3 is 15.0 Å². The summed E-state index contributed by atoms with van der Waals surface area (Å²) in [6, 6.07) is 10.0. The second-order valence-electron chi connectivity index (χ2n) is 9.38. The third-order valence-corrected chi connectivity index (χ3v) is 7.01. The summed E-state index contributed by atoms with van der Waals surface area (Å²) in [5.74, 6) is 0.592. The number of nitrogens with zero attached hydrogens (tertiary/aromatic N) is 2. The average Bonchev–Trinajstić information content (AvgIpc) is 2.72. The lowest BCUT2D eigenvalue weighted by molar-refractivity contribution is 0.266. The predicted octanol–water partition coefficient (Wildman–Crippen LogP) is 4.41. The van der Waals surface area contributed by atoms with Crippen LogP contribution in [0.25, 0.3) is 12.2 Å². The normalized spacial score (nSPS) is 14.6. The molecule has 170 valence electrons. The lowest BCUT2D eigenvalue weighted by Crippen LogP contribution is -2.49. The molecule has 0 amide bonds. The van der Waals surface area contributed by atoms with Crippen molar-refractivity contribution in [2.24, 2.45) is 5.41 Å². The van der Waals surface area contributed by atoms with Crippen LogP contribution in [0.2, 0.25) is 0 Å². The van der Waals surface area contributed by atoms with Gasteiger partial charge in [-0.15, -0.1) is 4.72 Å². The highest BCUT2D eigenvalue weighted by molar-refractivity contribution is 7.90. The van der Waals surface area contributed by atoms with E-state index in [1.54, 1.807) is 6.20 Å². The van der Waals surface area contributed by atoms with E-state index < -0.39 is 11.4 Å². The number of aliphatic hydroxyl groups is 1. The standard InChI is InChI=1S/C24H36N4O2S/c1-18(28-31(30)23(2,3)4)24(5,6)14-15-25-22-21(17-29)27-20(16-26-22)13-12-19-10-8-7-9-11-19/h7-13,16,18,28-29H,14-15,17H2,1-6H3,(H,25,26)/b13-12-/t18-,31?/m1/s1. The van der Waals surface area contributed by atoms with Gasteiger partial charge in [0.25, 0.3) is 0 Å². The molecule has 1 heterocycles. The van der Waals surface area contributed by atoms with E-state index in [1.807, 2.05) is 63.3 Å². The summed E-state index contributed by atoms with van der Waals surface area (Å²) in [7, 11) is 0. The molecule has 0 bridgehead atoms. The molecule has 0 saturated heterocycles. The number of aliphatic hydroxyl groups excluding tert-OH is 1. The molecule has 2 aromatic rings. The van der Waals surface area contributed by atoms with Gasteiger partial charge in [-0.1, -0.05) is 50.3 Å². The van der Waals surface area contributed by atoms with Crippen LogP contribution in [0.5, 0.6) is 0 Å². The number of nitrogens with one attached hydrogen (secondary N) is 2. The summed E-state index contributed by atoms with van der Waals surface area (Å²) in [6.07, 6.45) is 6.39. The molecule has 2 rings (SSSR count). The van der Waals surface area contributed by atoms with Gasteiger partial charge in [0.2, 0.25) is 0 Å². The van der Waals surface area contributed by atoms with Gasteiger partial charge in [0, 0.05) is 17.9 Å². The zero-order valence-corrected chi connectivity index (χ0v) is 20.3. The third-order valence-electron chi connectivity index (χ3n) is 5.33. The lowest BCUT2D eigenvalue weighted by Gasteiger charge is -2.35. The minimum absolute atomic E-state index is 0.0725. The van der Waals surface area contributed by atoms with Crippen LogP contribution in [0.15, 0.2) is 36.5 Å². The van der Waals surface area contributed by atoms with E-state index in [0.29, 0.717) is 23.8 Å². The van der Waals surface area contributed by atoms with Crippen molar-refractivity contribution in [1.82, 2.24) is 14.7 Å². The Morgan fingerprint density at radius 2 is 1.81 bits per heavy atom. The van der Waals surface area contributed by atoms with Crippen molar-refractivity contribution in [3.8, 4) is 0 Å². The molecule has 1 aromatic carbocycles. The van der Waals surface area contributed by atoms with Crippen molar-refractivity contribution < 1.29 is 9.66 Å². The molecular formula is C24H36N4O2S. The minimum Gasteiger partial charge on any atom is -0.598 e. The fourth-order valence-electron chi connectivity index (χ4n) is 2.74. The summed E-state index contributed by atoms with van der Waals surface area (Å²) in [5, 5.41) is 13.0. The Balaban J connectivity index is 1.96. The van der Waals surface area contributed by atoms with Crippen LogP contribution in [0, 0.1) is 5.41 Å². The summed E-state index contributed by atoms with van der Waals surface area (Å²) < 4.78 is 15.3. The van der Waals surface area contributed by atoms with Gasteiger partial charge in [0.1, 0.15) is 16.3 Å². The molecule has 2 atom stereocenters. The largest absolute Gasteiger partial charge is 0.598 e. The summed E-state index contributed by atoms with van der Waals surface area (Å²) in [6.45, 7) is 12.7. The molecular weight excluding hydrogens is 408 g/mol. The molecule has 7 heteroatoms. The fourth-order valence-corrected chi connectivity index (χ4v) is 3.74. The van der Waals surface area contributed by atoms with E-state index in [4.69, 9.17) is 0 Å². The number of rotatable bonds is 10. The first-order chi connectivity index (χ1) is 14.5. The van der Waals surface area contributed by atoms with Gasteiger partial charge in [-0.3, -0.25) is 0 Å². The van der Waals surface area contributed by atoms with Crippen molar-refractivity contribution in [1.29, 1.82) is 0 Å². The molecule has 3 N–H and O–H groups in total. The highest BCUT2D eigenvalue weighted by Crippen LogP contribution is 2.27. The second kappa shape index (κ2) is 11.1. The Labute approximate surface area is 189 Å². The molecule has 0 aliphatic rings. The maximum atomic E-state index is 12.4. The third kappa shape index (κ3) is 7.92. The summed E-state index contributed by atoms with van der Waals surface area (Å²) in [5.41, 5.74) is 2.21. The molecule has 1 aromatic heterocycles. The zero-order chi connectivity index (χ0) is 23.1. The monoisotopic (exact) mass is 444 g/mol. The van der Waals surface area contributed by atoms with Crippen LogP contribution >= 0.6 is 0 Å². The molecule has 1 unspecified atom stereocenters. The average molecular weight is 445 g/mol. The predicted molar refractivity (Wildman–Crippen MR) is 131 cm³/mol. The lowest BCUT2D eigenvalue weighted by atomic mass is 9.82. The highest BCUT2D eigenvalue weighted by atomic mass is 32.2. The molecule has 0 saturated carbocycles. The van der Waals surface area contributed by atoms with Crippen molar-refractivity contribution in [2.45, 2.75) is 65.4 Å². The number of hydrogen-bond donors (Lipinski definition) is 3. The highest BCUT2D eigenvalue weighted by Gasteiger charge is 2.34. The molecule has 0 aliphatic carbocycles. The van der Waals surface area contributed by atoms with E-state index in [1.165, 1.54) is 0 Å². The van der Waals surface area contributed by atoms with Crippen LogP contribution < -0.4 is 10.0 Å². The molecule has 0 spiro atoms. The Hall–Kier alpha value is -1.93. The quantitative estimate of drug-likeness (QED) is 0.470. The number of benzene rings is 1. The van der Waals surface area contributed by atoms with Crippen LogP contribution in [-0.2, 0) is 18.0 Å². The van der Waals surface area contributed by atoms with Crippen LogP contribution in [-0.4, -0.2) is 37.0 Å². The SMILES string of the molecule is C[C@@H](N[S+]([O-])C(C)(C)C)C(C)(C)CCNc1ncc(/C=C\c2ccccc2)nc1CO. The van der Waals surface area contributed by atoms with Gasteiger partial charge in [-0.25, -0.2) is 9.97 Å². The topological polar surface area (TPSA) is 93.1 Å². The molecule has 0 aliphatic heterocycles. The maximum absolute atomic E-state index is 12.4. The second-order valence-corrected chi connectivity index (χ2v) is 11.4. The van der Waals surface area contributed by atoms with Crippen molar-refractivity contribution in [2.75, 3.05) is 11.9 Å². The smallest absolute Gasteiger partial charge is 0.150 e. The van der Waals surface area contributed by atoms with Crippen LogP contribution in [0.3, 0.4) is 0 Å². The fraction of sp³-hybridized carbons (Fsp3) is 0.500. The molecule has 0 fully saturated rings. The first-order valence-corrected chi connectivity index (χ1v) is 11.8. The van der Waals surface area contributed by atoms with Crippen molar-refractivity contribution in [3.63, 3.8) is 0 Å². The van der Waals surface area contributed by atoms with Gasteiger partial charge in [0.15, 0.2) is 0 Å². The Bertz CT molecular complexity index is 850. The number of hydrogen-bond acceptors (Lipinski definition) is 6. The van der Waals surface area contributed by atoms with E-state index >= 15 is 0 Å². The molecule has 0 radical (unpaired) electrons. The van der Waals surface area contributed by atoms with E-state index in [9.17, 15) is 9.66 Å². The Morgan fingerprint density at radius 1 is 1.13 bits per heavy atom. The molecule has 31 heavy (non-hydrogen) atoms. The first kappa shape index (κ1) is 25.3. The zero-order valence-electron chi connectivity index (χ0n) is 19.5. The number of anilines is 1. The Kier molecular flexibility index (Phi) is 9.06. The van der Waals surface area contributed by atoms with Crippen LogP contribution in [0.4, 0.5) is 5.82 Å². The van der Waals surface area contributed by atoms with Crippen molar-refractivity contribution in [3.05, 3.63) is 53.5 Å². The Morgan fingerprint density at radius 3 is 2.42 bits per heavy atom. The van der Waals surface area contributed by atoms with Crippen molar-refractivity contribution >= 4 is 29.3 Å². The van der Waals surface area contributed by atoms with E-state index in [2.05, 4.69) is 40.8 Å². The summed E-state index contributed by atoms with van der Waals surface area (Å²) >= 11 is -1.11. The minimum atomic E-state index is -1.11. The van der Waals surface area contributed by atoms with E-state index in [-0.39, 0.29) is 22.8 Å². The molecule has 6 nitrogen and oxygen atoms in total. The van der Waals surface area contributed by atoms with Crippen LogP contribution in [0.1, 0.15) is 64.9 Å². The van der Waals surface area contributed by atoms with Gasteiger partial charge in [-0.2, -0.15) is 0 Å². The summed E-state index contributed by atoms with van der Waals surface area (Å²) in [4.78, 5) is 8.97. The van der Waals surface area contributed by atoms with Gasteiger partial charge >= 0.3 is 0 Å². The number of aromatic nitrogens is 2. The van der Waals surface area contributed by atoms with Gasteiger partial charge in [0.05, 0.1) is 24.5 Å².